The van der Waals surface area contributed by atoms with Crippen molar-refractivity contribution in [3.63, 3.8) is 0 Å². The zero-order chi connectivity index (χ0) is 15.9. The number of hydrogen-bond donors (Lipinski definition) is 2. The fourth-order valence-electron chi connectivity index (χ4n) is 1.91. The molecule has 0 atom stereocenters. The number of benzene rings is 2. The van der Waals surface area contributed by atoms with Gasteiger partial charge in [0.25, 0.3) is 0 Å². The van der Waals surface area contributed by atoms with Crippen LogP contribution in [0.5, 0.6) is 5.75 Å². The zero-order valence-corrected chi connectivity index (χ0v) is 12.6. The van der Waals surface area contributed by atoms with Crippen molar-refractivity contribution in [3.05, 3.63) is 54.1 Å². The SMILES string of the molecule is CCOc1ccc(NC(=O)Nc2cccc(C(C)=O)c2)cc1. The summed E-state index contributed by atoms with van der Waals surface area (Å²) in [5, 5.41) is 5.41. The van der Waals surface area contributed by atoms with E-state index in [-0.39, 0.29) is 11.8 Å². The third kappa shape index (κ3) is 4.34. The molecule has 2 rings (SSSR count). The molecule has 114 valence electrons. The monoisotopic (exact) mass is 298 g/mol. The largest absolute Gasteiger partial charge is 0.494 e. The number of carbonyl (C=O) groups excluding carboxylic acids is 2. The lowest BCUT2D eigenvalue weighted by Gasteiger charge is -2.09. The molecule has 2 aromatic carbocycles. The fraction of sp³-hybridized carbons (Fsp3) is 0.176. The Bertz CT molecular complexity index is 666. The summed E-state index contributed by atoms with van der Waals surface area (Å²) in [7, 11) is 0. The minimum atomic E-state index is -0.370. The molecule has 2 N–H and O–H groups in total. The molecule has 0 fully saturated rings. The first-order valence-corrected chi connectivity index (χ1v) is 7.00. The van der Waals surface area contributed by atoms with Gasteiger partial charge in [-0.05, 0) is 50.2 Å². The van der Waals surface area contributed by atoms with Gasteiger partial charge in [0.15, 0.2) is 5.78 Å². The maximum atomic E-state index is 11.9. The molecule has 0 radical (unpaired) electrons. The first-order valence-electron chi connectivity index (χ1n) is 7.00. The van der Waals surface area contributed by atoms with Gasteiger partial charge < -0.3 is 15.4 Å². The first-order chi connectivity index (χ1) is 10.6. The van der Waals surface area contributed by atoms with Crippen LogP contribution in [-0.2, 0) is 0 Å². The van der Waals surface area contributed by atoms with E-state index in [1.54, 1.807) is 48.5 Å². The molecular formula is C17H18N2O3. The second kappa shape index (κ2) is 7.26. The van der Waals surface area contributed by atoms with Gasteiger partial charge in [0, 0.05) is 16.9 Å². The summed E-state index contributed by atoms with van der Waals surface area (Å²) in [6, 6.07) is 13.5. The van der Waals surface area contributed by atoms with Gasteiger partial charge in [0.2, 0.25) is 0 Å². The Morgan fingerprint density at radius 1 is 1.00 bits per heavy atom. The van der Waals surface area contributed by atoms with Gasteiger partial charge in [0.05, 0.1) is 6.61 Å². The topological polar surface area (TPSA) is 67.4 Å². The number of nitrogens with one attached hydrogen (secondary N) is 2. The van der Waals surface area contributed by atoms with E-state index in [1.165, 1.54) is 6.92 Å². The Morgan fingerprint density at radius 3 is 2.32 bits per heavy atom. The van der Waals surface area contributed by atoms with E-state index < -0.39 is 0 Å². The average molecular weight is 298 g/mol. The molecule has 0 aliphatic rings. The number of amides is 2. The number of anilines is 2. The van der Waals surface area contributed by atoms with Crippen molar-refractivity contribution < 1.29 is 14.3 Å². The van der Waals surface area contributed by atoms with Crippen molar-refractivity contribution in [2.75, 3.05) is 17.2 Å². The van der Waals surface area contributed by atoms with E-state index in [0.717, 1.165) is 5.75 Å². The summed E-state index contributed by atoms with van der Waals surface area (Å²) < 4.78 is 5.34. The maximum Gasteiger partial charge on any atom is 0.323 e. The standard InChI is InChI=1S/C17H18N2O3/c1-3-22-16-9-7-14(8-10-16)18-17(21)19-15-6-4-5-13(11-15)12(2)20/h4-11H,3H2,1-2H3,(H2,18,19,21). The van der Waals surface area contributed by atoms with E-state index in [0.29, 0.717) is 23.5 Å². The third-order valence-corrected chi connectivity index (χ3v) is 2.95. The van der Waals surface area contributed by atoms with E-state index in [2.05, 4.69) is 10.6 Å². The predicted octanol–water partition coefficient (Wildman–Crippen LogP) is 3.93. The van der Waals surface area contributed by atoms with Crippen molar-refractivity contribution in [2.24, 2.45) is 0 Å². The fourth-order valence-corrected chi connectivity index (χ4v) is 1.91. The number of rotatable bonds is 5. The van der Waals surface area contributed by atoms with Gasteiger partial charge >= 0.3 is 6.03 Å². The summed E-state index contributed by atoms with van der Waals surface area (Å²) >= 11 is 0. The van der Waals surface area contributed by atoms with Crippen LogP contribution in [0.15, 0.2) is 48.5 Å². The highest BCUT2D eigenvalue weighted by atomic mass is 16.5. The van der Waals surface area contributed by atoms with Gasteiger partial charge in [-0.15, -0.1) is 0 Å². The lowest BCUT2D eigenvalue weighted by atomic mass is 10.1. The number of ketones is 1. The molecule has 0 aliphatic heterocycles. The highest BCUT2D eigenvalue weighted by Gasteiger charge is 2.05. The summed E-state index contributed by atoms with van der Waals surface area (Å²) in [4.78, 5) is 23.3. The third-order valence-electron chi connectivity index (χ3n) is 2.95. The van der Waals surface area contributed by atoms with Crippen molar-refractivity contribution in [1.29, 1.82) is 0 Å². The number of ether oxygens (including phenoxy) is 1. The Balaban J connectivity index is 1.97. The second-order valence-electron chi connectivity index (χ2n) is 4.67. The highest BCUT2D eigenvalue weighted by molar-refractivity contribution is 6.01. The van der Waals surface area contributed by atoms with E-state index >= 15 is 0 Å². The van der Waals surface area contributed by atoms with Gasteiger partial charge in [0.1, 0.15) is 5.75 Å². The molecule has 5 nitrogen and oxygen atoms in total. The molecule has 0 spiro atoms. The number of carbonyl (C=O) groups is 2. The van der Waals surface area contributed by atoms with Crippen molar-refractivity contribution >= 4 is 23.2 Å². The van der Waals surface area contributed by atoms with E-state index in [9.17, 15) is 9.59 Å². The summed E-state index contributed by atoms with van der Waals surface area (Å²) in [6.45, 7) is 3.99. The first kappa shape index (κ1) is 15.6. The molecular weight excluding hydrogens is 280 g/mol. The van der Waals surface area contributed by atoms with Gasteiger partial charge in [-0.2, -0.15) is 0 Å². The molecule has 0 saturated carbocycles. The van der Waals surface area contributed by atoms with Crippen LogP contribution in [0.25, 0.3) is 0 Å². The molecule has 0 bridgehead atoms. The van der Waals surface area contributed by atoms with Crippen molar-refractivity contribution in [3.8, 4) is 5.75 Å². The van der Waals surface area contributed by atoms with Crippen molar-refractivity contribution in [1.82, 2.24) is 0 Å². The number of Topliss-reactive ketones (excluding diaryl/α,β-unsaturated/α-hetero) is 1. The van der Waals surface area contributed by atoms with Crippen LogP contribution in [0.1, 0.15) is 24.2 Å². The summed E-state index contributed by atoms with van der Waals surface area (Å²) in [5.74, 6) is 0.707. The Hall–Kier alpha value is -2.82. The Morgan fingerprint density at radius 2 is 1.68 bits per heavy atom. The molecule has 0 aliphatic carbocycles. The highest BCUT2D eigenvalue weighted by Crippen LogP contribution is 2.16. The van der Waals surface area contributed by atoms with E-state index in [4.69, 9.17) is 4.74 Å². The average Bonchev–Trinajstić information content (AvgIpc) is 2.49. The van der Waals surface area contributed by atoms with Crippen LogP contribution in [0.2, 0.25) is 0 Å². The molecule has 2 amide bonds. The molecule has 0 aromatic heterocycles. The van der Waals surface area contributed by atoms with Crippen LogP contribution >= 0.6 is 0 Å². The van der Waals surface area contributed by atoms with Crippen LogP contribution in [0.3, 0.4) is 0 Å². The van der Waals surface area contributed by atoms with Gasteiger partial charge in [-0.3, -0.25) is 4.79 Å². The maximum absolute atomic E-state index is 11.9. The minimum Gasteiger partial charge on any atom is -0.494 e. The van der Waals surface area contributed by atoms with Crippen LogP contribution < -0.4 is 15.4 Å². The van der Waals surface area contributed by atoms with E-state index in [1.807, 2.05) is 6.92 Å². The normalized spacial score (nSPS) is 9.91. The predicted molar refractivity (Wildman–Crippen MR) is 86.7 cm³/mol. The number of hydrogen-bond acceptors (Lipinski definition) is 3. The molecule has 0 heterocycles. The summed E-state index contributed by atoms with van der Waals surface area (Å²) in [5.41, 5.74) is 1.78. The molecule has 2 aromatic rings. The smallest absolute Gasteiger partial charge is 0.323 e. The lowest BCUT2D eigenvalue weighted by molar-refractivity contribution is 0.101. The molecule has 0 unspecified atom stereocenters. The van der Waals surface area contributed by atoms with Gasteiger partial charge in [-0.25, -0.2) is 4.79 Å². The summed E-state index contributed by atoms with van der Waals surface area (Å²) in [6.07, 6.45) is 0. The molecule has 5 heteroatoms. The quantitative estimate of drug-likeness (QED) is 0.822. The van der Waals surface area contributed by atoms with Crippen molar-refractivity contribution in [2.45, 2.75) is 13.8 Å². The number of urea groups is 1. The van der Waals surface area contributed by atoms with Crippen LogP contribution in [0.4, 0.5) is 16.2 Å². The van der Waals surface area contributed by atoms with Crippen LogP contribution in [-0.4, -0.2) is 18.4 Å². The lowest BCUT2D eigenvalue weighted by Crippen LogP contribution is -2.19. The minimum absolute atomic E-state index is 0.0458. The Labute approximate surface area is 129 Å². The second-order valence-corrected chi connectivity index (χ2v) is 4.67. The molecule has 0 saturated heterocycles. The van der Waals surface area contributed by atoms with Crippen LogP contribution in [0, 0.1) is 0 Å². The Kier molecular flexibility index (Phi) is 5.14. The molecule has 22 heavy (non-hydrogen) atoms. The zero-order valence-electron chi connectivity index (χ0n) is 12.6. The van der Waals surface area contributed by atoms with Gasteiger partial charge in [-0.1, -0.05) is 12.1 Å².